The van der Waals surface area contributed by atoms with Crippen molar-refractivity contribution in [3.63, 3.8) is 0 Å². The molecule has 1 aliphatic heterocycles. The first-order chi connectivity index (χ1) is 10.1. The summed E-state index contributed by atoms with van der Waals surface area (Å²) in [6.45, 7) is 2.28. The van der Waals surface area contributed by atoms with Gasteiger partial charge in [0.1, 0.15) is 11.5 Å². The van der Waals surface area contributed by atoms with Gasteiger partial charge in [-0.25, -0.2) is 0 Å². The number of hydrogen-bond donors (Lipinski definition) is 1. The van der Waals surface area contributed by atoms with Crippen molar-refractivity contribution in [3.8, 4) is 11.5 Å². The predicted octanol–water partition coefficient (Wildman–Crippen LogP) is 1.80. The van der Waals surface area contributed by atoms with E-state index in [1.54, 1.807) is 21.3 Å². The van der Waals surface area contributed by atoms with Gasteiger partial charge in [-0.2, -0.15) is 0 Å². The van der Waals surface area contributed by atoms with Crippen LogP contribution >= 0.6 is 0 Å². The molecule has 0 radical (unpaired) electrons. The molecule has 1 aromatic rings. The van der Waals surface area contributed by atoms with Crippen LogP contribution in [0, 0.1) is 5.92 Å². The quantitative estimate of drug-likeness (QED) is 0.867. The fraction of sp³-hybridized carbons (Fsp3) is 0.625. The Morgan fingerprint density at radius 3 is 2.52 bits per heavy atom. The lowest BCUT2D eigenvalue weighted by Crippen LogP contribution is -2.21. The lowest BCUT2D eigenvalue weighted by Gasteiger charge is -2.25. The molecule has 0 aliphatic carbocycles. The smallest absolute Gasteiger partial charge is 0.127 e. The summed E-state index contributed by atoms with van der Waals surface area (Å²) in [6, 6.07) is 4.29. The van der Waals surface area contributed by atoms with Gasteiger partial charge in [0, 0.05) is 31.3 Å². The summed E-state index contributed by atoms with van der Waals surface area (Å²) < 4.78 is 16.3. The topological polar surface area (TPSA) is 57.0 Å². The van der Waals surface area contributed by atoms with Crippen molar-refractivity contribution >= 4 is 0 Å². The van der Waals surface area contributed by atoms with E-state index in [-0.39, 0.29) is 0 Å². The van der Waals surface area contributed by atoms with E-state index in [2.05, 4.69) is 11.9 Å². The molecular formula is C16H26N2O3. The maximum Gasteiger partial charge on any atom is 0.127 e. The lowest BCUT2D eigenvalue weighted by molar-refractivity contribution is 0.181. The van der Waals surface area contributed by atoms with Crippen LogP contribution in [0.15, 0.2) is 12.1 Å². The zero-order valence-electron chi connectivity index (χ0n) is 13.4. The van der Waals surface area contributed by atoms with Gasteiger partial charge in [-0.3, -0.25) is 4.90 Å². The van der Waals surface area contributed by atoms with Crippen LogP contribution in [0.25, 0.3) is 0 Å². The van der Waals surface area contributed by atoms with E-state index in [1.807, 2.05) is 12.1 Å². The van der Waals surface area contributed by atoms with Crippen LogP contribution < -0.4 is 15.2 Å². The number of methoxy groups -OCH3 is 3. The van der Waals surface area contributed by atoms with E-state index in [4.69, 9.17) is 19.9 Å². The van der Waals surface area contributed by atoms with Crippen molar-refractivity contribution in [3.05, 3.63) is 23.3 Å². The molecule has 5 nitrogen and oxygen atoms in total. The standard InChI is InChI=1S/C16H26N2O3/c1-18-9-11(8-17)5-14(18)16-12(10-19-2)6-13(20-3)7-15(16)21-4/h6-7,11,14H,5,8-10,17H2,1-4H3. The third-order valence-corrected chi connectivity index (χ3v) is 4.26. The van der Waals surface area contributed by atoms with E-state index >= 15 is 0 Å². The Kier molecular flexibility index (Phi) is 5.45. The molecule has 5 heteroatoms. The van der Waals surface area contributed by atoms with Crippen molar-refractivity contribution in [2.45, 2.75) is 19.1 Å². The van der Waals surface area contributed by atoms with Crippen molar-refractivity contribution in [2.24, 2.45) is 11.7 Å². The first-order valence-electron chi connectivity index (χ1n) is 7.28. The minimum Gasteiger partial charge on any atom is -0.497 e. The molecule has 0 saturated carbocycles. The number of nitrogens with zero attached hydrogens (tertiary/aromatic N) is 1. The molecule has 1 aromatic carbocycles. The second-order valence-corrected chi connectivity index (χ2v) is 5.63. The van der Waals surface area contributed by atoms with Crippen LogP contribution in [-0.2, 0) is 11.3 Å². The summed E-state index contributed by atoms with van der Waals surface area (Å²) >= 11 is 0. The summed E-state index contributed by atoms with van der Waals surface area (Å²) in [6.07, 6.45) is 1.05. The Morgan fingerprint density at radius 2 is 2.00 bits per heavy atom. The van der Waals surface area contributed by atoms with E-state index in [1.165, 1.54) is 5.56 Å². The molecular weight excluding hydrogens is 268 g/mol. The first kappa shape index (κ1) is 16.1. The Bertz CT molecular complexity index is 479. The highest BCUT2D eigenvalue weighted by Gasteiger charge is 2.33. The van der Waals surface area contributed by atoms with Crippen molar-refractivity contribution in [2.75, 3.05) is 41.5 Å². The van der Waals surface area contributed by atoms with Crippen LogP contribution in [-0.4, -0.2) is 46.4 Å². The molecule has 0 aromatic heterocycles. The SMILES string of the molecule is COCc1cc(OC)cc(OC)c1C1CC(CN)CN1C. The van der Waals surface area contributed by atoms with E-state index in [0.29, 0.717) is 18.6 Å². The molecule has 1 saturated heterocycles. The van der Waals surface area contributed by atoms with Crippen LogP contribution in [0.4, 0.5) is 0 Å². The van der Waals surface area contributed by atoms with Crippen LogP contribution in [0.3, 0.4) is 0 Å². The minimum atomic E-state index is 0.310. The van der Waals surface area contributed by atoms with E-state index < -0.39 is 0 Å². The largest absolute Gasteiger partial charge is 0.497 e. The Labute approximate surface area is 127 Å². The van der Waals surface area contributed by atoms with Crippen LogP contribution in [0.5, 0.6) is 11.5 Å². The fourth-order valence-electron chi connectivity index (χ4n) is 3.21. The summed E-state index contributed by atoms with van der Waals surface area (Å²) in [5, 5.41) is 0. The van der Waals surface area contributed by atoms with Gasteiger partial charge in [0.15, 0.2) is 0 Å². The van der Waals surface area contributed by atoms with Gasteiger partial charge in [-0.1, -0.05) is 0 Å². The molecule has 0 spiro atoms. The zero-order valence-corrected chi connectivity index (χ0v) is 13.4. The normalized spacial score (nSPS) is 22.5. The Balaban J connectivity index is 2.44. The van der Waals surface area contributed by atoms with E-state index in [0.717, 1.165) is 36.6 Å². The fourth-order valence-corrected chi connectivity index (χ4v) is 3.21. The number of ether oxygens (including phenoxy) is 3. The second-order valence-electron chi connectivity index (χ2n) is 5.63. The van der Waals surface area contributed by atoms with Crippen LogP contribution in [0.2, 0.25) is 0 Å². The maximum absolute atomic E-state index is 5.85. The van der Waals surface area contributed by atoms with Gasteiger partial charge >= 0.3 is 0 Å². The second kappa shape index (κ2) is 7.11. The third kappa shape index (κ3) is 3.31. The Hall–Kier alpha value is -1.30. The van der Waals surface area contributed by atoms with Crippen molar-refractivity contribution in [1.29, 1.82) is 0 Å². The molecule has 1 fully saturated rings. The minimum absolute atomic E-state index is 0.310. The number of benzene rings is 1. The van der Waals surface area contributed by atoms with E-state index in [9.17, 15) is 0 Å². The number of hydrogen-bond acceptors (Lipinski definition) is 5. The molecule has 1 aliphatic rings. The van der Waals surface area contributed by atoms with Gasteiger partial charge in [0.25, 0.3) is 0 Å². The number of nitrogens with two attached hydrogens (primary N) is 1. The molecule has 2 rings (SSSR count). The number of likely N-dealkylation sites (tertiary alicyclic amines) is 1. The maximum atomic E-state index is 5.85. The highest BCUT2D eigenvalue weighted by atomic mass is 16.5. The summed E-state index contributed by atoms with van der Waals surface area (Å²) in [5.74, 6) is 2.18. The van der Waals surface area contributed by atoms with Crippen molar-refractivity contribution < 1.29 is 14.2 Å². The molecule has 2 unspecified atom stereocenters. The van der Waals surface area contributed by atoms with Gasteiger partial charge in [-0.15, -0.1) is 0 Å². The van der Waals surface area contributed by atoms with Gasteiger partial charge in [0.05, 0.1) is 20.8 Å². The first-order valence-corrected chi connectivity index (χ1v) is 7.28. The van der Waals surface area contributed by atoms with Crippen molar-refractivity contribution in [1.82, 2.24) is 4.90 Å². The summed E-state index contributed by atoms with van der Waals surface area (Å²) in [7, 11) is 7.21. The van der Waals surface area contributed by atoms with Gasteiger partial charge in [0.2, 0.25) is 0 Å². The predicted molar refractivity (Wildman–Crippen MR) is 82.8 cm³/mol. The molecule has 1 heterocycles. The summed E-state index contributed by atoms with van der Waals surface area (Å²) in [5.41, 5.74) is 8.15. The Morgan fingerprint density at radius 1 is 1.24 bits per heavy atom. The molecule has 0 bridgehead atoms. The van der Waals surface area contributed by atoms with Gasteiger partial charge in [-0.05, 0) is 37.6 Å². The summed E-state index contributed by atoms with van der Waals surface area (Å²) in [4.78, 5) is 2.35. The number of rotatable bonds is 6. The third-order valence-electron chi connectivity index (χ3n) is 4.26. The lowest BCUT2D eigenvalue weighted by atomic mass is 9.94. The molecule has 21 heavy (non-hydrogen) atoms. The zero-order chi connectivity index (χ0) is 15.4. The highest BCUT2D eigenvalue weighted by Crippen LogP contribution is 2.42. The highest BCUT2D eigenvalue weighted by molar-refractivity contribution is 5.48. The monoisotopic (exact) mass is 294 g/mol. The molecule has 0 amide bonds. The van der Waals surface area contributed by atoms with Crippen LogP contribution in [0.1, 0.15) is 23.6 Å². The average Bonchev–Trinajstić information content (AvgIpc) is 2.87. The van der Waals surface area contributed by atoms with Gasteiger partial charge < -0.3 is 19.9 Å². The average molecular weight is 294 g/mol. The molecule has 2 N–H and O–H groups in total. The molecule has 2 atom stereocenters. The molecule has 118 valence electrons.